The summed E-state index contributed by atoms with van der Waals surface area (Å²) in [5.74, 6) is 0.194. The minimum atomic E-state index is 0.194. The summed E-state index contributed by atoms with van der Waals surface area (Å²) in [6.07, 6.45) is 7.73. The van der Waals surface area contributed by atoms with Crippen molar-refractivity contribution in [3.63, 3.8) is 0 Å². The fraction of sp³-hybridized carbons (Fsp3) is 0.316. The van der Waals surface area contributed by atoms with Crippen LogP contribution in [0.25, 0.3) is 0 Å². The fourth-order valence-electron chi connectivity index (χ4n) is 2.97. The quantitative estimate of drug-likeness (QED) is 0.777. The maximum absolute atomic E-state index is 12.4. The number of rotatable bonds is 3. The van der Waals surface area contributed by atoms with Crippen LogP contribution in [0.3, 0.4) is 0 Å². The third-order valence-electron chi connectivity index (χ3n) is 4.04. The van der Waals surface area contributed by atoms with Gasteiger partial charge < -0.3 is 9.80 Å². The van der Waals surface area contributed by atoms with E-state index in [-0.39, 0.29) is 5.78 Å². The SMILES string of the molecule is CCN1/C(=C\C=C2\CC/C(=C\N(C)C)C2=O)Sc2ccccc21. The molecule has 0 spiro atoms. The van der Waals surface area contributed by atoms with Crippen LogP contribution in [0.1, 0.15) is 19.8 Å². The number of fused-ring (bicyclic) bond motifs is 1. The van der Waals surface area contributed by atoms with Crippen LogP contribution in [0.5, 0.6) is 0 Å². The van der Waals surface area contributed by atoms with Crippen molar-refractivity contribution in [2.24, 2.45) is 0 Å². The Hall–Kier alpha value is -1.94. The molecule has 4 heteroatoms. The maximum atomic E-state index is 12.4. The molecule has 0 saturated heterocycles. The van der Waals surface area contributed by atoms with E-state index in [2.05, 4.69) is 42.2 Å². The minimum absolute atomic E-state index is 0.194. The molecule has 1 aliphatic carbocycles. The molecular formula is C19H22N2OS. The van der Waals surface area contributed by atoms with Crippen molar-refractivity contribution >= 4 is 23.2 Å². The number of hydrogen-bond acceptors (Lipinski definition) is 4. The number of nitrogens with zero attached hydrogens (tertiary/aromatic N) is 2. The Morgan fingerprint density at radius 2 is 1.91 bits per heavy atom. The number of thioether (sulfide) groups is 1. The average Bonchev–Trinajstić information content (AvgIpc) is 3.05. The molecule has 0 amide bonds. The lowest BCUT2D eigenvalue weighted by molar-refractivity contribution is -0.111. The van der Waals surface area contributed by atoms with Crippen LogP contribution < -0.4 is 4.90 Å². The van der Waals surface area contributed by atoms with Crippen molar-refractivity contribution in [1.82, 2.24) is 4.90 Å². The Bertz CT molecular complexity index is 716. The summed E-state index contributed by atoms with van der Waals surface area (Å²) < 4.78 is 0. The lowest BCUT2D eigenvalue weighted by atomic mass is 10.2. The molecule has 3 nitrogen and oxygen atoms in total. The molecule has 0 N–H and O–H groups in total. The van der Waals surface area contributed by atoms with Crippen molar-refractivity contribution in [2.75, 3.05) is 25.5 Å². The highest BCUT2D eigenvalue weighted by Crippen LogP contribution is 2.45. The highest BCUT2D eigenvalue weighted by Gasteiger charge is 2.25. The number of carbonyl (C=O) groups excluding carboxylic acids is 1. The highest BCUT2D eigenvalue weighted by molar-refractivity contribution is 8.03. The first-order valence-electron chi connectivity index (χ1n) is 7.97. The van der Waals surface area contributed by atoms with Gasteiger partial charge in [0.05, 0.1) is 10.7 Å². The molecular weight excluding hydrogens is 304 g/mol. The summed E-state index contributed by atoms with van der Waals surface area (Å²) in [4.78, 5) is 17.9. The van der Waals surface area contributed by atoms with Crippen molar-refractivity contribution in [3.05, 3.63) is 58.8 Å². The maximum Gasteiger partial charge on any atom is 0.186 e. The second kappa shape index (κ2) is 6.67. The molecule has 1 aromatic carbocycles. The van der Waals surface area contributed by atoms with E-state index in [1.165, 1.54) is 15.6 Å². The summed E-state index contributed by atoms with van der Waals surface area (Å²) in [6, 6.07) is 8.44. The molecule has 120 valence electrons. The van der Waals surface area contributed by atoms with Gasteiger partial charge in [0.1, 0.15) is 0 Å². The van der Waals surface area contributed by atoms with Crippen LogP contribution in [0, 0.1) is 0 Å². The first kappa shape index (κ1) is 15.9. The Labute approximate surface area is 142 Å². The number of ketones is 1. The molecule has 0 unspecified atom stereocenters. The van der Waals surface area contributed by atoms with Crippen LogP contribution in [0.15, 0.2) is 63.7 Å². The van der Waals surface area contributed by atoms with Gasteiger partial charge in [0.25, 0.3) is 0 Å². The second-order valence-electron chi connectivity index (χ2n) is 5.96. The molecule has 23 heavy (non-hydrogen) atoms. The van der Waals surface area contributed by atoms with E-state index in [0.717, 1.165) is 30.5 Å². The number of para-hydroxylation sites is 1. The van der Waals surface area contributed by atoms with Crippen molar-refractivity contribution < 1.29 is 4.79 Å². The first-order chi connectivity index (χ1) is 11.1. The van der Waals surface area contributed by atoms with Gasteiger partial charge in [-0.2, -0.15) is 0 Å². The molecule has 1 saturated carbocycles. The molecule has 2 aliphatic rings. The lowest BCUT2D eigenvalue weighted by Gasteiger charge is -2.17. The van der Waals surface area contributed by atoms with E-state index in [1.54, 1.807) is 11.8 Å². The number of benzene rings is 1. The van der Waals surface area contributed by atoms with E-state index in [0.29, 0.717) is 0 Å². The van der Waals surface area contributed by atoms with E-state index in [9.17, 15) is 4.79 Å². The molecule has 0 radical (unpaired) electrons. The minimum Gasteiger partial charge on any atom is -0.383 e. The number of anilines is 1. The normalized spacial score (nSPS) is 22.5. The largest absolute Gasteiger partial charge is 0.383 e. The first-order valence-corrected chi connectivity index (χ1v) is 8.79. The Kier molecular flexibility index (Phi) is 4.62. The zero-order valence-electron chi connectivity index (χ0n) is 13.9. The van der Waals surface area contributed by atoms with Crippen LogP contribution in [0.2, 0.25) is 0 Å². The van der Waals surface area contributed by atoms with Gasteiger partial charge in [-0.1, -0.05) is 30.0 Å². The monoisotopic (exact) mass is 326 g/mol. The van der Waals surface area contributed by atoms with Crippen molar-refractivity contribution in [1.29, 1.82) is 0 Å². The predicted molar refractivity (Wildman–Crippen MR) is 97.5 cm³/mol. The Balaban J connectivity index is 1.83. The number of hydrogen-bond donors (Lipinski definition) is 0. The number of allylic oxidation sites excluding steroid dienone is 4. The van der Waals surface area contributed by atoms with Crippen molar-refractivity contribution in [2.45, 2.75) is 24.7 Å². The van der Waals surface area contributed by atoms with E-state index >= 15 is 0 Å². The molecule has 1 fully saturated rings. The van der Waals surface area contributed by atoms with Gasteiger partial charge in [-0.05, 0) is 38.0 Å². The van der Waals surface area contributed by atoms with Crippen LogP contribution in [0.4, 0.5) is 5.69 Å². The third kappa shape index (κ3) is 3.22. The van der Waals surface area contributed by atoms with Gasteiger partial charge in [-0.25, -0.2) is 0 Å². The van der Waals surface area contributed by atoms with Gasteiger partial charge in [0.2, 0.25) is 0 Å². The van der Waals surface area contributed by atoms with Crippen LogP contribution in [-0.2, 0) is 4.79 Å². The van der Waals surface area contributed by atoms with Gasteiger partial charge >= 0.3 is 0 Å². The Morgan fingerprint density at radius 1 is 1.17 bits per heavy atom. The summed E-state index contributed by atoms with van der Waals surface area (Å²) in [5.41, 5.74) is 3.09. The Morgan fingerprint density at radius 3 is 2.65 bits per heavy atom. The summed E-state index contributed by atoms with van der Waals surface area (Å²) in [7, 11) is 3.91. The zero-order valence-corrected chi connectivity index (χ0v) is 14.7. The van der Waals surface area contributed by atoms with Gasteiger partial charge in [-0.15, -0.1) is 0 Å². The van der Waals surface area contributed by atoms with E-state index in [1.807, 2.05) is 31.3 Å². The highest BCUT2D eigenvalue weighted by atomic mass is 32.2. The predicted octanol–water partition coefficient (Wildman–Crippen LogP) is 4.19. The molecule has 1 aliphatic heterocycles. The standard InChI is InChI=1S/C19H22N2OS/c1-4-21-16-7-5-6-8-17(16)23-18(21)12-11-14-9-10-15(19(14)22)13-20(2)3/h5-8,11-13H,4,9-10H2,1-3H3/b14-11-,15-13+,18-12+. The molecule has 3 rings (SSSR count). The van der Waals surface area contributed by atoms with Gasteiger partial charge in [0.15, 0.2) is 5.78 Å². The third-order valence-corrected chi connectivity index (χ3v) is 5.17. The average molecular weight is 326 g/mol. The van der Waals surface area contributed by atoms with Crippen molar-refractivity contribution in [3.8, 4) is 0 Å². The molecule has 0 bridgehead atoms. The van der Waals surface area contributed by atoms with Crippen LogP contribution >= 0.6 is 11.8 Å². The second-order valence-corrected chi connectivity index (χ2v) is 7.02. The smallest absolute Gasteiger partial charge is 0.186 e. The van der Waals surface area contributed by atoms with E-state index in [4.69, 9.17) is 0 Å². The zero-order chi connectivity index (χ0) is 16.4. The summed E-state index contributed by atoms with van der Waals surface area (Å²) in [5, 5.41) is 1.19. The molecule has 1 aromatic rings. The summed E-state index contributed by atoms with van der Waals surface area (Å²) >= 11 is 1.77. The fourth-order valence-corrected chi connectivity index (χ4v) is 4.10. The number of Topliss-reactive ketones (excluding diaryl/α,β-unsaturated/α-hetero) is 1. The molecule has 0 aromatic heterocycles. The van der Waals surface area contributed by atoms with Crippen LogP contribution in [-0.4, -0.2) is 31.3 Å². The lowest BCUT2D eigenvalue weighted by Crippen LogP contribution is -2.16. The van der Waals surface area contributed by atoms with E-state index < -0.39 is 0 Å². The van der Waals surface area contributed by atoms with Gasteiger partial charge in [-0.3, -0.25) is 4.79 Å². The molecule has 1 heterocycles. The topological polar surface area (TPSA) is 23.6 Å². The van der Waals surface area contributed by atoms with Gasteiger partial charge in [0, 0.05) is 42.9 Å². The number of carbonyl (C=O) groups is 1. The summed E-state index contributed by atoms with van der Waals surface area (Å²) in [6.45, 7) is 3.08. The molecule has 0 atom stereocenters.